The minimum Gasteiger partial charge on any atom is -0.494 e. The predicted octanol–water partition coefficient (Wildman–Crippen LogP) is 7.19. The fourth-order valence-corrected chi connectivity index (χ4v) is 4.87. The van der Waals surface area contributed by atoms with Gasteiger partial charge in [0.2, 0.25) is 11.8 Å². The summed E-state index contributed by atoms with van der Waals surface area (Å²) in [6.07, 6.45) is 13.7. The fourth-order valence-electron chi connectivity index (χ4n) is 4.87. The fraction of sp³-hybridized carbons (Fsp3) is 0.600. The van der Waals surface area contributed by atoms with Gasteiger partial charge >= 0.3 is 0 Å². The number of unbranched alkanes of at least 4 members (excludes halogenated alkanes) is 9. The number of nitrogens with zero attached hydrogens (tertiary/aromatic N) is 3. The summed E-state index contributed by atoms with van der Waals surface area (Å²) in [5.74, 6) is 0.261. The number of hydrogen-bond acceptors (Lipinski definition) is 4. The van der Waals surface area contributed by atoms with E-state index in [9.17, 15) is 10.2 Å². The zero-order chi connectivity index (χ0) is 25.0. The van der Waals surface area contributed by atoms with Gasteiger partial charge in [0.1, 0.15) is 0 Å². The highest BCUT2D eigenvalue weighted by molar-refractivity contribution is 6.13. The van der Waals surface area contributed by atoms with Gasteiger partial charge in [-0.05, 0) is 43.5 Å². The zero-order valence-corrected chi connectivity index (χ0v) is 22.2. The third-order valence-electron chi connectivity index (χ3n) is 6.93. The molecule has 35 heavy (non-hydrogen) atoms. The Balaban J connectivity index is 2.11. The Morgan fingerprint density at radius 2 is 1.03 bits per heavy atom. The molecule has 0 saturated heterocycles. The van der Waals surface area contributed by atoms with E-state index in [0.29, 0.717) is 6.54 Å². The van der Waals surface area contributed by atoms with Crippen LogP contribution in [0.25, 0.3) is 21.5 Å². The zero-order valence-electron chi connectivity index (χ0n) is 22.2. The molecule has 0 aliphatic heterocycles. The van der Waals surface area contributed by atoms with Crippen LogP contribution in [-0.4, -0.2) is 27.9 Å². The molecule has 0 saturated carbocycles. The van der Waals surface area contributed by atoms with E-state index in [0.717, 1.165) is 83.9 Å². The van der Waals surface area contributed by atoms with E-state index in [2.05, 4.69) is 20.8 Å². The Labute approximate surface area is 210 Å². The Hall–Kier alpha value is -2.56. The third kappa shape index (κ3) is 6.77. The van der Waals surface area contributed by atoms with Gasteiger partial charge in [0, 0.05) is 41.2 Å². The maximum atomic E-state index is 11.2. The summed E-state index contributed by atoms with van der Waals surface area (Å²) in [7, 11) is 0. The average molecular weight is 480 g/mol. The molecule has 3 rings (SSSR count). The number of benzene rings is 2. The van der Waals surface area contributed by atoms with E-state index in [1.807, 2.05) is 24.3 Å². The Morgan fingerprint density at radius 1 is 0.571 bits per heavy atom. The SMILES string of the molecule is CCCCCCN=c1ccc2c(O)n(CCCCCC)c(O)c3ccc(=NCCCCCC)c1c23. The first kappa shape index (κ1) is 27.0. The van der Waals surface area contributed by atoms with Gasteiger partial charge in [-0.25, -0.2) is 0 Å². The first-order valence-corrected chi connectivity index (χ1v) is 14.0. The van der Waals surface area contributed by atoms with Crippen molar-refractivity contribution in [2.75, 3.05) is 13.1 Å². The van der Waals surface area contributed by atoms with Crippen LogP contribution in [0.1, 0.15) is 97.8 Å². The summed E-state index contributed by atoms with van der Waals surface area (Å²) < 4.78 is 1.66. The van der Waals surface area contributed by atoms with Gasteiger partial charge in [-0.15, -0.1) is 0 Å². The van der Waals surface area contributed by atoms with Crippen LogP contribution in [0.4, 0.5) is 0 Å². The van der Waals surface area contributed by atoms with Crippen molar-refractivity contribution in [3.05, 3.63) is 35.0 Å². The van der Waals surface area contributed by atoms with Crippen LogP contribution in [0.15, 0.2) is 34.3 Å². The Kier molecular flexibility index (Phi) is 10.9. The quantitative estimate of drug-likeness (QED) is 0.227. The number of aromatic hydroxyl groups is 2. The van der Waals surface area contributed by atoms with E-state index < -0.39 is 0 Å². The highest BCUT2D eigenvalue weighted by Gasteiger charge is 2.18. The molecular weight excluding hydrogens is 434 g/mol. The maximum Gasteiger partial charge on any atom is 0.201 e. The van der Waals surface area contributed by atoms with Gasteiger partial charge in [0.05, 0.1) is 10.7 Å². The molecule has 0 spiro atoms. The van der Waals surface area contributed by atoms with Crippen LogP contribution in [0, 0.1) is 0 Å². The van der Waals surface area contributed by atoms with Gasteiger partial charge in [0.25, 0.3) is 0 Å². The number of rotatable bonds is 15. The van der Waals surface area contributed by atoms with Crippen molar-refractivity contribution in [1.29, 1.82) is 0 Å². The molecule has 3 aromatic rings. The number of pyridine rings is 1. The molecule has 0 aliphatic rings. The summed E-state index contributed by atoms with van der Waals surface area (Å²) >= 11 is 0. The van der Waals surface area contributed by atoms with E-state index >= 15 is 0 Å². The van der Waals surface area contributed by atoms with Crippen molar-refractivity contribution in [2.24, 2.45) is 9.98 Å². The predicted molar refractivity (Wildman–Crippen MR) is 147 cm³/mol. The van der Waals surface area contributed by atoms with Crippen LogP contribution in [0.3, 0.4) is 0 Å². The van der Waals surface area contributed by atoms with Gasteiger partial charge in [0.15, 0.2) is 0 Å². The summed E-state index contributed by atoms with van der Waals surface area (Å²) in [6.45, 7) is 8.79. The molecule has 0 unspecified atom stereocenters. The van der Waals surface area contributed by atoms with Gasteiger partial charge in [-0.2, -0.15) is 0 Å². The summed E-state index contributed by atoms with van der Waals surface area (Å²) in [5, 5.41) is 27.5. The largest absolute Gasteiger partial charge is 0.494 e. The molecular formula is C30H45N3O2. The first-order valence-electron chi connectivity index (χ1n) is 14.0. The van der Waals surface area contributed by atoms with Gasteiger partial charge in [-0.1, -0.05) is 78.6 Å². The van der Waals surface area contributed by atoms with Crippen molar-refractivity contribution in [3.63, 3.8) is 0 Å². The number of aromatic nitrogens is 1. The maximum absolute atomic E-state index is 11.2. The lowest BCUT2D eigenvalue weighted by Crippen LogP contribution is -2.17. The summed E-state index contributed by atoms with van der Waals surface area (Å²) in [5.41, 5.74) is 0. The monoisotopic (exact) mass is 479 g/mol. The average Bonchev–Trinajstić information content (AvgIpc) is 2.87. The van der Waals surface area contributed by atoms with Gasteiger partial charge in [-0.3, -0.25) is 14.6 Å². The minimum atomic E-state index is 0.131. The lowest BCUT2D eigenvalue weighted by molar-refractivity contribution is 0.359. The molecule has 2 N–H and O–H groups in total. The molecule has 1 aromatic heterocycles. The van der Waals surface area contributed by atoms with Crippen molar-refractivity contribution in [2.45, 2.75) is 104 Å². The van der Waals surface area contributed by atoms with E-state index in [1.54, 1.807) is 4.57 Å². The second kappa shape index (κ2) is 14.1. The van der Waals surface area contributed by atoms with Crippen molar-refractivity contribution < 1.29 is 10.2 Å². The van der Waals surface area contributed by atoms with Crippen molar-refractivity contribution >= 4 is 21.5 Å². The van der Waals surface area contributed by atoms with Crippen LogP contribution in [0.5, 0.6) is 11.8 Å². The molecule has 0 amide bonds. The summed E-state index contributed by atoms with van der Waals surface area (Å²) in [4.78, 5) is 9.90. The lowest BCUT2D eigenvalue weighted by atomic mass is 10.0. The highest BCUT2D eigenvalue weighted by atomic mass is 16.3. The van der Waals surface area contributed by atoms with Crippen LogP contribution in [-0.2, 0) is 6.54 Å². The topological polar surface area (TPSA) is 70.1 Å². The van der Waals surface area contributed by atoms with Gasteiger partial charge < -0.3 is 10.2 Å². The number of hydrogen-bond donors (Lipinski definition) is 2. The molecule has 0 radical (unpaired) electrons. The lowest BCUT2D eigenvalue weighted by Gasteiger charge is -2.18. The third-order valence-corrected chi connectivity index (χ3v) is 6.93. The van der Waals surface area contributed by atoms with E-state index in [-0.39, 0.29) is 11.8 Å². The molecule has 1 heterocycles. The van der Waals surface area contributed by atoms with Crippen LogP contribution < -0.4 is 10.7 Å². The van der Waals surface area contributed by atoms with Crippen molar-refractivity contribution in [3.8, 4) is 11.8 Å². The van der Waals surface area contributed by atoms with Crippen LogP contribution >= 0.6 is 0 Å². The molecule has 5 heteroatoms. The first-order chi connectivity index (χ1) is 17.1. The second-order valence-corrected chi connectivity index (χ2v) is 9.76. The normalized spacial score (nSPS) is 13.0. The molecule has 0 atom stereocenters. The molecule has 0 aliphatic carbocycles. The standard InChI is InChI=1S/C30H45N3O2/c1-4-7-10-13-20-31-25-18-16-23-27-24(30(35)33(29(23)34)22-15-12-9-6-3)17-19-26(28(25)27)32-21-14-11-8-5-2/h16-19,34-35H,4-15,20-22H2,1-3H3. The second-order valence-electron chi connectivity index (χ2n) is 9.76. The molecule has 0 bridgehead atoms. The highest BCUT2D eigenvalue weighted by Crippen LogP contribution is 2.37. The molecule has 2 aromatic carbocycles. The smallest absolute Gasteiger partial charge is 0.201 e. The Morgan fingerprint density at radius 3 is 1.49 bits per heavy atom. The van der Waals surface area contributed by atoms with E-state index in [1.165, 1.54) is 38.5 Å². The molecule has 192 valence electrons. The minimum absolute atomic E-state index is 0.131. The Bertz CT molecular complexity index is 1110. The van der Waals surface area contributed by atoms with E-state index in [4.69, 9.17) is 9.98 Å². The molecule has 5 nitrogen and oxygen atoms in total. The van der Waals surface area contributed by atoms with Crippen molar-refractivity contribution in [1.82, 2.24) is 4.57 Å². The molecule has 0 fully saturated rings. The van der Waals surface area contributed by atoms with Crippen LogP contribution in [0.2, 0.25) is 0 Å². The summed E-state index contributed by atoms with van der Waals surface area (Å²) in [6, 6.07) is 7.96.